The van der Waals surface area contributed by atoms with Gasteiger partial charge >= 0.3 is 0 Å². The Morgan fingerprint density at radius 1 is 1.11 bits per heavy atom. The second-order valence-electron chi connectivity index (χ2n) is 4.21. The number of carbonyl (C=O) groups excluding carboxylic acids is 1. The largest absolute Gasteiger partial charge is 0.311 e. The third kappa shape index (κ3) is 2.71. The summed E-state index contributed by atoms with van der Waals surface area (Å²) in [6.07, 6.45) is 0. The van der Waals surface area contributed by atoms with Crippen LogP contribution in [0.2, 0.25) is 5.02 Å². The van der Waals surface area contributed by atoms with Gasteiger partial charge in [-0.05, 0) is 37.3 Å². The highest BCUT2D eigenvalue weighted by atomic mass is 35.5. The van der Waals surface area contributed by atoms with Gasteiger partial charge in [-0.15, -0.1) is 0 Å². The summed E-state index contributed by atoms with van der Waals surface area (Å²) in [6, 6.07) is 14.8. The minimum absolute atomic E-state index is 0.0442. The molecule has 3 heteroatoms. The molecule has 0 aliphatic heterocycles. The molecule has 0 atom stereocenters. The van der Waals surface area contributed by atoms with Gasteiger partial charge in [0.25, 0.3) is 5.91 Å². The average Bonchev–Trinajstić information content (AvgIpc) is 2.38. The van der Waals surface area contributed by atoms with E-state index in [-0.39, 0.29) is 5.91 Å². The van der Waals surface area contributed by atoms with Crippen molar-refractivity contribution in [3.63, 3.8) is 0 Å². The number of aryl methyl sites for hydroxylation is 1. The van der Waals surface area contributed by atoms with Gasteiger partial charge in [-0.1, -0.05) is 35.4 Å². The summed E-state index contributed by atoms with van der Waals surface area (Å²) in [7, 11) is 1.74. The van der Waals surface area contributed by atoms with Gasteiger partial charge in [0.1, 0.15) is 0 Å². The van der Waals surface area contributed by atoms with Gasteiger partial charge in [0.2, 0.25) is 0 Å². The normalized spacial score (nSPS) is 10.2. The molecule has 2 aromatic carbocycles. The van der Waals surface area contributed by atoms with E-state index in [1.807, 2.05) is 43.3 Å². The Morgan fingerprint density at radius 2 is 1.78 bits per heavy atom. The fourth-order valence-electron chi connectivity index (χ4n) is 1.69. The van der Waals surface area contributed by atoms with Crippen molar-refractivity contribution in [2.45, 2.75) is 6.92 Å². The van der Waals surface area contributed by atoms with E-state index in [0.717, 1.165) is 11.3 Å². The molecule has 0 aromatic heterocycles. The average molecular weight is 260 g/mol. The fourth-order valence-corrected chi connectivity index (χ4v) is 1.88. The van der Waals surface area contributed by atoms with Crippen LogP contribution in [0.4, 0.5) is 5.69 Å². The van der Waals surface area contributed by atoms with Crippen molar-refractivity contribution in [3.8, 4) is 0 Å². The third-order valence-corrected chi connectivity index (χ3v) is 3.03. The monoisotopic (exact) mass is 259 g/mol. The molecule has 0 unspecified atom stereocenters. The van der Waals surface area contributed by atoms with Gasteiger partial charge in [0.05, 0.1) is 0 Å². The lowest BCUT2D eigenvalue weighted by atomic mass is 10.1. The van der Waals surface area contributed by atoms with Crippen LogP contribution in [-0.4, -0.2) is 13.0 Å². The molecule has 2 nitrogen and oxygen atoms in total. The highest BCUT2D eigenvalue weighted by Gasteiger charge is 2.13. The van der Waals surface area contributed by atoms with E-state index in [2.05, 4.69) is 0 Å². The maximum atomic E-state index is 12.3. The lowest BCUT2D eigenvalue weighted by Gasteiger charge is -2.17. The molecule has 1 amide bonds. The zero-order valence-electron chi connectivity index (χ0n) is 10.4. The fraction of sp³-hybridized carbons (Fsp3) is 0.133. The Morgan fingerprint density at radius 3 is 2.39 bits per heavy atom. The summed E-state index contributed by atoms with van der Waals surface area (Å²) >= 11 is 5.92. The first-order chi connectivity index (χ1) is 8.58. The first kappa shape index (κ1) is 12.7. The zero-order valence-corrected chi connectivity index (χ0v) is 11.1. The molecule has 18 heavy (non-hydrogen) atoms. The Balaban J connectivity index is 2.26. The molecular weight excluding hydrogens is 246 g/mol. The number of nitrogens with zero attached hydrogens (tertiary/aromatic N) is 1. The molecule has 0 aliphatic rings. The molecule has 0 bridgehead atoms. The van der Waals surface area contributed by atoms with E-state index < -0.39 is 0 Å². The molecule has 0 fully saturated rings. The Kier molecular flexibility index (Phi) is 3.68. The van der Waals surface area contributed by atoms with E-state index in [1.165, 1.54) is 0 Å². The maximum absolute atomic E-state index is 12.3. The van der Waals surface area contributed by atoms with Crippen LogP contribution in [0.25, 0.3) is 0 Å². The van der Waals surface area contributed by atoms with E-state index in [4.69, 9.17) is 11.6 Å². The van der Waals surface area contributed by atoms with Crippen LogP contribution in [0.15, 0.2) is 48.5 Å². The van der Waals surface area contributed by atoms with Crippen LogP contribution < -0.4 is 4.90 Å². The molecule has 92 valence electrons. The van der Waals surface area contributed by atoms with Crippen LogP contribution in [-0.2, 0) is 0 Å². The third-order valence-electron chi connectivity index (χ3n) is 2.80. The van der Waals surface area contributed by atoms with Crippen molar-refractivity contribution in [1.82, 2.24) is 0 Å². The van der Waals surface area contributed by atoms with Crippen molar-refractivity contribution in [1.29, 1.82) is 0 Å². The van der Waals surface area contributed by atoms with Crippen molar-refractivity contribution in [2.75, 3.05) is 11.9 Å². The van der Waals surface area contributed by atoms with E-state index >= 15 is 0 Å². The predicted molar refractivity (Wildman–Crippen MR) is 75.4 cm³/mol. The second-order valence-corrected chi connectivity index (χ2v) is 4.65. The molecule has 0 saturated heterocycles. The summed E-state index contributed by atoms with van der Waals surface area (Å²) in [4.78, 5) is 13.8. The smallest absolute Gasteiger partial charge is 0.258 e. The molecule has 2 aromatic rings. The lowest BCUT2D eigenvalue weighted by molar-refractivity contribution is 0.0993. The van der Waals surface area contributed by atoms with Crippen LogP contribution >= 0.6 is 11.6 Å². The number of carbonyl (C=O) groups is 1. The van der Waals surface area contributed by atoms with Gasteiger partial charge in [-0.25, -0.2) is 0 Å². The topological polar surface area (TPSA) is 20.3 Å². The molecule has 0 radical (unpaired) electrons. The van der Waals surface area contributed by atoms with Crippen LogP contribution in [0.3, 0.4) is 0 Å². The van der Waals surface area contributed by atoms with Crippen molar-refractivity contribution < 1.29 is 4.79 Å². The van der Waals surface area contributed by atoms with Gasteiger partial charge < -0.3 is 4.90 Å². The summed E-state index contributed by atoms with van der Waals surface area (Å²) in [5.74, 6) is -0.0442. The number of rotatable bonds is 2. The molecule has 0 heterocycles. The molecule has 0 N–H and O–H groups in total. The minimum atomic E-state index is -0.0442. The molecular formula is C15H14ClNO. The predicted octanol–water partition coefficient (Wildman–Crippen LogP) is 3.93. The summed E-state index contributed by atoms with van der Waals surface area (Å²) in [6.45, 7) is 1.99. The van der Waals surface area contributed by atoms with Gasteiger partial charge in [0.15, 0.2) is 0 Å². The molecule has 0 aliphatic carbocycles. The first-order valence-electron chi connectivity index (χ1n) is 5.68. The Bertz CT molecular complexity index is 563. The SMILES string of the molecule is Cc1ccc(C(=O)N(C)c2cccc(Cl)c2)cc1. The number of benzene rings is 2. The van der Waals surface area contributed by atoms with Crippen molar-refractivity contribution >= 4 is 23.2 Å². The van der Waals surface area contributed by atoms with Crippen molar-refractivity contribution in [2.24, 2.45) is 0 Å². The van der Waals surface area contributed by atoms with Crippen LogP contribution in [0, 0.1) is 6.92 Å². The number of halogens is 1. The number of hydrogen-bond donors (Lipinski definition) is 0. The minimum Gasteiger partial charge on any atom is -0.311 e. The highest BCUT2D eigenvalue weighted by molar-refractivity contribution is 6.31. The van der Waals surface area contributed by atoms with Crippen LogP contribution in [0.1, 0.15) is 15.9 Å². The van der Waals surface area contributed by atoms with Crippen molar-refractivity contribution in [3.05, 3.63) is 64.7 Å². The maximum Gasteiger partial charge on any atom is 0.258 e. The number of anilines is 1. The lowest BCUT2D eigenvalue weighted by Crippen LogP contribution is -2.26. The second kappa shape index (κ2) is 5.23. The van der Waals surface area contributed by atoms with Crippen LogP contribution in [0.5, 0.6) is 0 Å². The number of hydrogen-bond acceptors (Lipinski definition) is 1. The first-order valence-corrected chi connectivity index (χ1v) is 6.06. The Hall–Kier alpha value is -1.80. The van der Waals surface area contributed by atoms with E-state index in [0.29, 0.717) is 10.6 Å². The molecule has 0 spiro atoms. The summed E-state index contributed by atoms with van der Waals surface area (Å²) in [5.41, 5.74) is 2.59. The quantitative estimate of drug-likeness (QED) is 0.800. The zero-order chi connectivity index (χ0) is 13.1. The Labute approximate surface area is 112 Å². The molecule has 2 rings (SSSR count). The molecule has 0 saturated carbocycles. The van der Waals surface area contributed by atoms with Gasteiger partial charge in [0, 0.05) is 23.3 Å². The standard InChI is InChI=1S/C15H14ClNO/c1-11-6-8-12(9-7-11)15(18)17(2)14-5-3-4-13(16)10-14/h3-10H,1-2H3. The number of amides is 1. The van der Waals surface area contributed by atoms with E-state index in [1.54, 1.807) is 24.1 Å². The van der Waals surface area contributed by atoms with Gasteiger partial charge in [-0.3, -0.25) is 4.79 Å². The summed E-state index contributed by atoms with van der Waals surface area (Å²) < 4.78 is 0. The van der Waals surface area contributed by atoms with E-state index in [9.17, 15) is 4.79 Å². The highest BCUT2D eigenvalue weighted by Crippen LogP contribution is 2.20. The van der Waals surface area contributed by atoms with Gasteiger partial charge in [-0.2, -0.15) is 0 Å². The summed E-state index contributed by atoms with van der Waals surface area (Å²) in [5, 5.41) is 0.621.